The van der Waals surface area contributed by atoms with Crippen LogP contribution in [0, 0.1) is 5.41 Å². The monoisotopic (exact) mass is 158 g/mol. The third kappa shape index (κ3) is 0.925. The summed E-state index contributed by atoms with van der Waals surface area (Å²) >= 11 is 0. The quantitative estimate of drug-likeness (QED) is 0.558. The fourth-order valence-electron chi connectivity index (χ4n) is 1.48. The van der Waals surface area contributed by atoms with E-state index >= 15 is 0 Å². The molecule has 0 amide bonds. The van der Waals surface area contributed by atoms with E-state index in [0.717, 1.165) is 11.1 Å². The normalized spacial score (nSPS) is 14.5. The van der Waals surface area contributed by atoms with Gasteiger partial charge in [0.05, 0.1) is 0 Å². The van der Waals surface area contributed by atoms with Gasteiger partial charge in [-0.15, -0.1) is 0 Å². The molecule has 0 aliphatic heterocycles. The van der Waals surface area contributed by atoms with Crippen molar-refractivity contribution in [1.82, 2.24) is 0 Å². The highest BCUT2D eigenvalue weighted by Crippen LogP contribution is 2.23. The van der Waals surface area contributed by atoms with Gasteiger partial charge in [-0.05, 0) is 11.6 Å². The molecule has 12 heavy (non-hydrogen) atoms. The van der Waals surface area contributed by atoms with Crippen molar-refractivity contribution >= 4 is 17.5 Å². The van der Waals surface area contributed by atoms with Crippen LogP contribution in [0.3, 0.4) is 0 Å². The third-order valence-electron chi connectivity index (χ3n) is 2.05. The van der Waals surface area contributed by atoms with Crippen LogP contribution < -0.4 is 5.73 Å². The molecule has 3 N–H and O–H groups in total. The Hall–Kier alpha value is -1.57. The molecule has 0 unspecified atom stereocenters. The molecule has 1 aliphatic carbocycles. The molecule has 0 saturated carbocycles. The van der Waals surface area contributed by atoms with Gasteiger partial charge in [0.2, 0.25) is 0 Å². The minimum absolute atomic E-state index is 0.616. The number of fused-ring (bicyclic) bond motifs is 1. The molecular formula is C10H10N2. The number of nitrogen functional groups attached to an aromatic ring is 1. The van der Waals surface area contributed by atoms with E-state index in [1.807, 2.05) is 30.4 Å². The molecule has 60 valence electrons. The first-order valence-corrected chi connectivity index (χ1v) is 3.92. The molecule has 1 aliphatic rings. The summed E-state index contributed by atoms with van der Waals surface area (Å²) in [5.41, 5.74) is 9.05. The third-order valence-corrected chi connectivity index (χ3v) is 2.05. The maximum atomic E-state index is 7.68. The summed E-state index contributed by atoms with van der Waals surface area (Å²) in [6, 6.07) is 5.74. The molecule has 0 heterocycles. The predicted octanol–water partition coefficient (Wildman–Crippen LogP) is 2.05. The lowest BCUT2D eigenvalue weighted by molar-refractivity contribution is 1.33. The first kappa shape index (κ1) is 7.10. The number of hydrogen-bond acceptors (Lipinski definition) is 2. The van der Waals surface area contributed by atoms with Crippen LogP contribution in [0.5, 0.6) is 0 Å². The fraction of sp³-hybridized carbons (Fsp3) is 0.100. The lowest BCUT2D eigenvalue weighted by atomic mass is 9.94. The van der Waals surface area contributed by atoms with Crippen molar-refractivity contribution in [1.29, 1.82) is 5.41 Å². The Morgan fingerprint density at radius 1 is 1.33 bits per heavy atom. The number of nitrogens with one attached hydrogen (secondary N) is 1. The van der Waals surface area contributed by atoms with Crippen LogP contribution in [-0.2, 0) is 0 Å². The van der Waals surface area contributed by atoms with Gasteiger partial charge in [-0.25, -0.2) is 0 Å². The highest BCUT2D eigenvalue weighted by Gasteiger charge is 2.11. The van der Waals surface area contributed by atoms with E-state index in [1.54, 1.807) is 0 Å². The van der Waals surface area contributed by atoms with E-state index in [9.17, 15) is 0 Å². The highest BCUT2D eigenvalue weighted by atomic mass is 14.6. The molecule has 0 spiro atoms. The molecule has 0 atom stereocenters. The van der Waals surface area contributed by atoms with Gasteiger partial charge in [-0.1, -0.05) is 24.3 Å². The zero-order chi connectivity index (χ0) is 8.55. The molecule has 0 fully saturated rings. The maximum absolute atomic E-state index is 7.68. The summed E-state index contributed by atoms with van der Waals surface area (Å²) < 4.78 is 0. The van der Waals surface area contributed by atoms with Crippen molar-refractivity contribution < 1.29 is 0 Å². The Balaban J connectivity index is 2.70. The van der Waals surface area contributed by atoms with Gasteiger partial charge in [0.15, 0.2) is 0 Å². The summed E-state index contributed by atoms with van der Waals surface area (Å²) in [7, 11) is 0. The molecule has 0 aromatic heterocycles. The van der Waals surface area contributed by atoms with Gasteiger partial charge in [0.1, 0.15) is 0 Å². The molecule has 0 radical (unpaired) electrons. The molecule has 0 bridgehead atoms. The summed E-state index contributed by atoms with van der Waals surface area (Å²) in [5, 5.41) is 7.68. The number of anilines is 1. The Morgan fingerprint density at radius 2 is 2.17 bits per heavy atom. The van der Waals surface area contributed by atoms with Crippen LogP contribution >= 0.6 is 0 Å². The number of nitrogens with two attached hydrogens (primary N) is 1. The first-order valence-electron chi connectivity index (χ1n) is 3.92. The summed E-state index contributed by atoms with van der Waals surface area (Å²) in [6.07, 6.45) is 4.70. The van der Waals surface area contributed by atoms with E-state index < -0.39 is 0 Å². The number of benzene rings is 1. The highest BCUT2D eigenvalue weighted by molar-refractivity contribution is 6.08. The lowest BCUT2D eigenvalue weighted by Gasteiger charge is -2.13. The van der Waals surface area contributed by atoms with Crippen LogP contribution in [0.1, 0.15) is 17.5 Å². The van der Waals surface area contributed by atoms with Gasteiger partial charge in [0.25, 0.3) is 0 Å². The molecule has 2 nitrogen and oxygen atoms in total. The predicted molar refractivity (Wildman–Crippen MR) is 51.3 cm³/mol. The van der Waals surface area contributed by atoms with Gasteiger partial charge in [-0.3, -0.25) is 0 Å². The molecule has 2 rings (SSSR count). The summed E-state index contributed by atoms with van der Waals surface area (Å²) in [6.45, 7) is 0. The second-order valence-electron chi connectivity index (χ2n) is 2.90. The Bertz CT molecular complexity index is 364. The Morgan fingerprint density at radius 3 is 2.92 bits per heavy atom. The zero-order valence-corrected chi connectivity index (χ0v) is 6.67. The van der Waals surface area contributed by atoms with Crippen molar-refractivity contribution in [3.05, 3.63) is 35.4 Å². The second kappa shape index (κ2) is 2.48. The van der Waals surface area contributed by atoms with Crippen LogP contribution in [-0.4, -0.2) is 5.71 Å². The maximum Gasteiger partial charge on any atom is 0.0450 e. The Kier molecular flexibility index (Phi) is 1.47. The van der Waals surface area contributed by atoms with E-state index in [4.69, 9.17) is 11.1 Å². The van der Waals surface area contributed by atoms with Crippen LogP contribution in [0.2, 0.25) is 0 Å². The van der Waals surface area contributed by atoms with Crippen molar-refractivity contribution in [3.8, 4) is 0 Å². The van der Waals surface area contributed by atoms with Gasteiger partial charge >= 0.3 is 0 Å². The van der Waals surface area contributed by atoms with Crippen LogP contribution in [0.4, 0.5) is 5.69 Å². The molecular weight excluding hydrogens is 148 g/mol. The van der Waals surface area contributed by atoms with Crippen molar-refractivity contribution in [3.63, 3.8) is 0 Å². The van der Waals surface area contributed by atoms with Gasteiger partial charge < -0.3 is 11.1 Å². The van der Waals surface area contributed by atoms with Gasteiger partial charge in [0, 0.05) is 23.4 Å². The van der Waals surface area contributed by atoms with E-state index in [-0.39, 0.29) is 0 Å². The van der Waals surface area contributed by atoms with Crippen molar-refractivity contribution in [2.24, 2.45) is 0 Å². The minimum Gasteiger partial charge on any atom is -0.398 e. The number of hydrogen-bond donors (Lipinski definition) is 2. The molecule has 0 saturated heterocycles. The standard InChI is InChI=1S/C10H10N2/c11-8-5-1-3-7-4-2-6-9(12)10(7)8/h1-5,12H,6,11H2. The van der Waals surface area contributed by atoms with Crippen molar-refractivity contribution in [2.45, 2.75) is 6.42 Å². The lowest BCUT2D eigenvalue weighted by Crippen LogP contribution is -2.07. The Labute approximate surface area is 71.2 Å². The van der Waals surface area contributed by atoms with E-state index in [0.29, 0.717) is 17.8 Å². The van der Waals surface area contributed by atoms with Crippen LogP contribution in [0.15, 0.2) is 24.3 Å². The molecule has 2 heteroatoms. The van der Waals surface area contributed by atoms with E-state index in [1.165, 1.54) is 0 Å². The summed E-state index contributed by atoms with van der Waals surface area (Å²) in [4.78, 5) is 0. The molecule has 1 aromatic carbocycles. The number of rotatable bonds is 0. The average molecular weight is 158 g/mol. The largest absolute Gasteiger partial charge is 0.398 e. The zero-order valence-electron chi connectivity index (χ0n) is 6.67. The SMILES string of the molecule is N=C1CC=Cc2cccc(N)c21. The van der Waals surface area contributed by atoms with E-state index in [2.05, 4.69) is 0 Å². The topological polar surface area (TPSA) is 49.9 Å². The van der Waals surface area contributed by atoms with Crippen molar-refractivity contribution in [2.75, 3.05) is 5.73 Å². The molecule has 1 aromatic rings. The fourth-order valence-corrected chi connectivity index (χ4v) is 1.48. The second-order valence-corrected chi connectivity index (χ2v) is 2.90. The first-order chi connectivity index (χ1) is 5.79. The van der Waals surface area contributed by atoms with Gasteiger partial charge in [-0.2, -0.15) is 0 Å². The smallest absolute Gasteiger partial charge is 0.0450 e. The van der Waals surface area contributed by atoms with Crippen LogP contribution in [0.25, 0.3) is 6.08 Å². The summed E-state index contributed by atoms with van der Waals surface area (Å²) in [5.74, 6) is 0. The minimum atomic E-state index is 0.616. The average Bonchev–Trinajstić information content (AvgIpc) is 2.04. The number of allylic oxidation sites excluding steroid dienone is 1.